The summed E-state index contributed by atoms with van der Waals surface area (Å²) in [6.07, 6.45) is 3.23. The molecule has 0 fully saturated rings. The maximum absolute atomic E-state index is 11.9. The Hall–Kier alpha value is -2.19. The standard InChI is InChI=1S/C15H11BrN4O2S/c16-11-3-1-10(2-4-11)14-19-20-15(22-14)23-9-13(21)18-12-5-7-17-8-6-12/h1-8H,9H2,(H,17,18,21). The monoisotopic (exact) mass is 390 g/mol. The van der Waals surface area contributed by atoms with E-state index in [9.17, 15) is 4.79 Å². The summed E-state index contributed by atoms with van der Waals surface area (Å²) in [5.41, 5.74) is 1.53. The molecule has 2 heterocycles. The maximum atomic E-state index is 11.9. The van der Waals surface area contributed by atoms with E-state index in [4.69, 9.17) is 4.42 Å². The summed E-state index contributed by atoms with van der Waals surface area (Å²) in [6, 6.07) is 11.0. The highest BCUT2D eigenvalue weighted by Crippen LogP contribution is 2.24. The Labute approximate surface area is 144 Å². The highest BCUT2D eigenvalue weighted by Gasteiger charge is 2.11. The molecule has 3 aromatic rings. The summed E-state index contributed by atoms with van der Waals surface area (Å²) < 4.78 is 6.52. The fourth-order valence-electron chi connectivity index (χ4n) is 1.74. The number of hydrogen-bond donors (Lipinski definition) is 1. The normalized spacial score (nSPS) is 10.5. The van der Waals surface area contributed by atoms with Crippen LogP contribution in [0.3, 0.4) is 0 Å². The lowest BCUT2D eigenvalue weighted by Crippen LogP contribution is -2.13. The molecule has 0 aliphatic carbocycles. The van der Waals surface area contributed by atoms with Crippen molar-refractivity contribution in [2.24, 2.45) is 0 Å². The fourth-order valence-corrected chi connectivity index (χ4v) is 2.56. The summed E-state index contributed by atoms with van der Waals surface area (Å²) in [5.74, 6) is 0.462. The minimum atomic E-state index is -0.149. The van der Waals surface area contributed by atoms with Crippen LogP contribution in [0.2, 0.25) is 0 Å². The van der Waals surface area contributed by atoms with E-state index in [1.165, 1.54) is 11.8 Å². The van der Waals surface area contributed by atoms with Gasteiger partial charge in [-0.1, -0.05) is 27.7 Å². The third kappa shape index (κ3) is 4.40. The number of nitrogens with zero attached hydrogens (tertiary/aromatic N) is 3. The molecule has 0 aliphatic rings. The Morgan fingerprint density at radius 3 is 2.61 bits per heavy atom. The van der Waals surface area contributed by atoms with Crippen molar-refractivity contribution >= 4 is 39.3 Å². The first kappa shape index (κ1) is 15.7. The molecule has 0 saturated heterocycles. The summed E-state index contributed by atoms with van der Waals surface area (Å²) in [7, 11) is 0. The van der Waals surface area contributed by atoms with Gasteiger partial charge in [0, 0.05) is 28.1 Å². The number of nitrogens with one attached hydrogen (secondary N) is 1. The van der Waals surface area contributed by atoms with Crippen LogP contribution >= 0.6 is 27.7 Å². The van der Waals surface area contributed by atoms with Gasteiger partial charge in [-0.05, 0) is 36.4 Å². The number of thioether (sulfide) groups is 1. The Bertz CT molecular complexity index is 793. The van der Waals surface area contributed by atoms with Gasteiger partial charge in [0.2, 0.25) is 11.8 Å². The molecule has 8 heteroatoms. The largest absolute Gasteiger partial charge is 0.411 e. The highest BCUT2D eigenvalue weighted by atomic mass is 79.9. The van der Waals surface area contributed by atoms with Gasteiger partial charge >= 0.3 is 0 Å². The van der Waals surface area contributed by atoms with Crippen LogP contribution in [-0.4, -0.2) is 26.8 Å². The van der Waals surface area contributed by atoms with E-state index >= 15 is 0 Å². The van der Waals surface area contributed by atoms with Crippen molar-refractivity contribution in [3.63, 3.8) is 0 Å². The summed E-state index contributed by atoms with van der Waals surface area (Å²) in [4.78, 5) is 15.7. The van der Waals surface area contributed by atoms with E-state index in [1.54, 1.807) is 24.5 Å². The molecule has 3 rings (SSSR count). The van der Waals surface area contributed by atoms with Gasteiger partial charge in [0.15, 0.2) is 0 Å². The lowest BCUT2D eigenvalue weighted by molar-refractivity contribution is -0.113. The number of benzene rings is 1. The minimum Gasteiger partial charge on any atom is -0.411 e. The van der Waals surface area contributed by atoms with Crippen LogP contribution in [0.15, 0.2) is 62.9 Å². The molecule has 2 aromatic heterocycles. The van der Waals surface area contributed by atoms with Crippen molar-refractivity contribution in [2.75, 3.05) is 11.1 Å². The third-order valence-electron chi connectivity index (χ3n) is 2.79. The lowest BCUT2D eigenvalue weighted by atomic mass is 10.2. The van der Waals surface area contributed by atoms with Crippen LogP contribution in [0.4, 0.5) is 5.69 Å². The minimum absolute atomic E-state index is 0.149. The average Bonchev–Trinajstić information content (AvgIpc) is 3.04. The van der Waals surface area contributed by atoms with E-state index in [-0.39, 0.29) is 11.7 Å². The molecule has 1 amide bonds. The molecule has 1 N–H and O–H groups in total. The van der Waals surface area contributed by atoms with Crippen LogP contribution in [0.1, 0.15) is 0 Å². The fraction of sp³-hybridized carbons (Fsp3) is 0.0667. The van der Waals surface area contributed by atoms with Gasteiger partial charge in [-0.3, -0.25) is 9.78 Å². The Morgan fingerprint density at radius 2 is 1.87 bits per heavy atom. The molecule has 0 spiro atoms. The van der Waals surface area contributed by atoms with E-state index in [1.807, 2.05) is 24.3 Å². The van der Waals surface area contributed by atoms with Crippen LogP contribution in [0.5, 0.6) is 0 Å². The highest BCUT2D eigenvalue weighted by molar-refractivity contribution is 9.10. The van der Waals surface area contributed by atoms with Crippen LogP contribution in [0.25, 0.3) is 11.5 Å². The molecule has 1 aromatic carbocycles. The molecular weight excluding hydrogens is 380 g/mol. The molecular formula is C15H11BrN4O2S. The second-order valence-corrected chi connectivity index (χ2v) is 6.30. The van der Waals surface area contributed by atoms with E-state index in [0.717, 1.165) is 10.0 Å². The summed E-state index contributed by atoms with van der Waals surface area (Å²) in [5, 5.41) is 11.0. The zero-order chi connectivity index (χ0) is 16.1. The first-order chi connectivity index (χ1) is 11.2. The lowest BCUT2D eigenvalue weighted by Gasteiger charge is -2.02. The average molecular weight is 391 g/mol. The van der Waals surface area contributed by atoms with Crippen LogP contribution in [-0.2, 0) is 4.79 Å². The van der Waals surface area contributed by atoms with Crippen molar-refractivity contribution in [3.05, 3.63) is 53.3 Å². The molecule has 116 valence electrons. The molecule has 6 nitrogen and oxygen atoms in total. The van der Waals surface area contributed by atoms with E-state index < -0.39 is 0 Å². The first-order valence-corrected chi connectivity index (χ1v) is 8.41. The van der Waals surface area contributed by atoms with Gasteiger partial charge in [0.1, 0.15) is 0 Å². The van der Waals surface area contributed by atoms with Crippen LogP contribution in [0, 0.1) is 0 Å². The number of carbonyl (C=O) groups is 1. The Kier molecular flexibility index (Phi) is 5.04. The predicted octanol–water partition coefficient (Wildman–Crippen LogP) is 3.62. The van der Waals surface area contributed by atoms with Crippen molar-refractivity contribution in [3.8, 4) is 11.5 Å². The van der Waals surface area contributed by atoms with Crippen molar-refractivity contribution in [1.82, 2.24) is 15.2 Å². The zero-order valence-corrected chi connectivity index (χ0v) is 14.2. The molecule has 0 atom stereocenters. The number of aromatic nitrogens is 3. The van der Waals surface area contributed by atoms with E-state index in [0.29, 0.717) is 16.8 Å². The molecule has 23 heavy (non-hydrogen) atoms. The number of hydrogen-bond acceptors (Lipinski definition) is 6. The SMILES string of the molecule is O=C(CSc1nnc(-c2ccc(Br)cc2)o1)Nc1ccncc1. The number of anilines is 1. The van der Waals surface area contributed by atoms with Crippen LogP contribution < -0.4 is 5.32 Å². The quantitative estimate of drug-likeness (QED) is 0.669. The van der Waals surface area contributed by atoms with Gasteiger partial charge in [0.25, 0.3) is 5.22 Å². The molecule has 0 radical (unpaired) electrons. The molecule has 0 saturated carbocycles. The zero-order valence-electron chi connectivity index (χ0n) is 11.8. The number of pyridine rings is 1. The molecule has 0 unspecified atom stereocenters. The smallest absolute Gasteiger partial charge is 0.277 e. The van der Waals surface area contributed by atoms with Gasteiger partial charge in [-0.2, -0.15) is 0 Å². The van der Waals surface area contributed by atoms with Gasteiger partial charge < -0.3 is 9.73 Å². The Balaban J connectivity index is 1.57. The summed E-state index contributed by atoms with van der Waals surface area (Å²) in [6.45, 7) is 0. The molecule has 0 aliphatic heterocycles. The van der Waals surface area contributed by atoms with Crippen molar-refractivity contribution < 1.29 is 9.21 Å². The van der Waals surface area contributed by atoms with Gasteiger partial charge in [-0.15, -0.1) is 10.2 Å². The third-order valence-corrected chi connectivity index (χ3v) is 4.14. The number of carbonyl (C=O) groups excluding carboxylic acids is 1. The Morgan fingerprint density at radius 1 is 1.13 bits per heavy atom. The van der Waals surface area contributed by atoms with Crippen molar-refractivity contribution in [1.29, 1.82) is 0 Å². The number of halogens is 1. The van der Waals surface area contributed by atoms with Gasteiger partial charge in [-0.25, -0.2) is 0 Å². The molecule has 0 bridgehead atoms. The summed E-state index contributed by atoms with van der Waals surface area (Å²) >= 11 is 4.56. The second kappa shape index (κ2) is 7.38. The number of amides is 1. The number of rotatable bonds is 5. The van der Waals surface area contributed by atoms with E-state index in [2.05, 4.69) is 36.4 Å². The topological polar surface area (TPSA) is 80.9 Å². The van der Waals surface area contributed by atoms with Crippen molar-refractivity contribution in [2.45, 2.75) is 5.22 Å². The first-order valence-electron chi connectivity index (χ1n) is 6.63. The van der Waals surface area contributed by atoms with Gasteiger partial charge in [0.05, 0.1) is 5.75 Å². The second-order valence-electron chi connectivity index (χ2n) is 4.45. The predicted molar refractivity (Wildman–Crippen MR) is 91.0 cm³/mol. The maximum Gasteiger partial charge on any atom is 0.277 e.